The van der Waals surface area contributed by atoms with Gasteiger partial charge in [-0.15, -0.1) is 0 Å². The van der Waals surface area contributed by atoms with E-state index in [0.29, 0.717) is 35.2 Å². The molecule has 0 fully saturated rings. The average molecular weight is 480 g/mol. The zero-order valence-electron chi connectivity index (χ0n) is 17.8. The highest BCUT2D eigenvalue weighted by molar-refractivity contribution is 6.30. The van der Waals surface area contributed by atoms with Crippen molar-refractivity contribution in [1.29, 1.82) is 0 Å². The highest BCUT2D eigenvalue weighted by Gasteiger charge is 2.14. The van der Waals surface area contributed by atoms with Gasteiger partial charge in [0.15, 0.2) is 0 Å². The van der Waals surface area contributed by atoms with E-state index in [0.717, 1.165) is 27.4 Å². The third-order valence-corrected chi connectivity index (χ3v) is 5.50. The second-order valence-corrected chi connectivity index (χ2v) is 8.34. The summed E-state index contributed by atoms with van der Waals surface area (Å²) >= 11 is 12.0. The molecule has 0 saturated heterocycles. The van der Waals surface area contributed by atoms with Crippen molar-refractivity contribution < 1.29 is 4.74 Å². The minimum absolute atomic E-state index is 0.110. The first-order valence-electron chi connectivity index (χ1n) is 10.3. The van der Waals surface area contributed by atoms with Crippen LogP contribution in [0.3, 0.4) is 0 Å². The van der Waals surface area contributed by atoms with E-state index in [1.807, 2.05) is 72.8 Å². The van der Waals surface area contributed by atoms with Crippen molar-refractivity contribution in [2.75, 3.05) is 16.8 Å². The summed E-state index contributed by atoms with van der Waals surface area (Å²) in [6, 6.07) is 23.2. The number of rotatable bonds is 8. The molecule has 5 N–H and O–H groups in total. The van der Waals surface area contributed by atoms with Gasteiger partial charge >= 0.3 is 0 Å². The van der Waals surface area contributed by atoms with Crippen LogP contribution < -0.4 is 16.8 Å². The Bertz CT molecular complexity index is 1230. The van der Waals surface area contributed by atoms with Gasteiger partial charge in [-0.05, 0) is 53.1 Å². The van der Waals surface area contributed by atoms with Crippen LogP contribution in [0, 0.1) is 0 Å². The molecule has 1 aromatic heterocycles. The summed E-state index contributed by atoms with van der Waals surface area (Å²) in [5.74, 6) is 0.421. The van der Waals surface area contributed by atoms with Gasteiger partial charge < -0.3 is 21.5 Å². The van der Waals surface area contributed by atoms with E-state index < -0.39 is 0 Å². The Labute approximate surface area is 202 Å². The third kappa shape index (κ3) is 6.14. The van der Waals surface area contributed by atoms with Gasteiger partial charge in [-0.1, -0.05) is 59.6 Å². The zero-order valence-corrected chi connectivity index (χ0v) is 19.3. The number of nitrogen functional groups attached to an aromatic ring is 2. The lowest BCUT2D eigenvalue weighted by Crippen LogP contribution is -2.08. The van der Waals surface area contributed by atoms with Gasteiger partial charge in [0.2, 0.25) is 5.95 Å². The Morgan fingerprint density at radius 1 is 0.788 bits per heavy atom. The molecular weight excluding hydrogens is 457 g/mol. The van der Waals surface area contributed by atoms with Gasteiger partial charge in [-0.25, -0.2) is 4.98 Å². The molecule has 0 aliphatic carbocycles. The molecule has 0 unspecified atom stereocenters. The van der Waals surface area contributed by atoms with Crippen LogP contribution in [0.5, 0.6) is 0 Å². The standard InChI is InChI=1S/C25H23Cl2N5O/c26-19-8-4-16(5-9-19)13-30-21-10-6-18(7-11-21)23-22(31-25(29)32-24(23)28)15-33-14-17-2-1-3-20(27)12-17/h1-12,30H,13-15H2,(H4,28,29,31,32). The summed E-state index contributed by atoms with van der Waals surface area (Å²) in [4.78, 5) is 8.51. The summed E-state index contributed by atoms with van der Waals surface area (Å²) in [5, 5.41) is 4.78. The van der Waals surface area contributed by atoms with Gasteiger partial charge in [0.1, 0.15) is 5.82 Å². The SMILES string of the molecule is Nc1nc(N)c(-c2ccc(NCc3ccc(Cl)cc3)cc2)c(COCc2cccc(Cl)c2)n1. The van der Waals surface area contributed by atoms with Gasteiger partial charge in [-0.3, -0.25) is 0 Å². The highest BCUT2D eigenvalue weighted by atomic mass is 35.5. The number of anilines is 3. The van der Waals surface area contributed by atoms with Gasteiger partial charge in [0.05, 0.1) is 18.9 Å². The summed E-state index contributed by atoms with van der Waals surface area (Å²) < 4.78 is 5.87. The van der Waals surface area contributed by atoms with Gasteiger partial charge in [0, 0.05) is 27.8 Å². The van der Waals surface area contributed by atoms with Crippen LogP contribution in [0.15, 0.2) is 72.8 Å². The van der Waals surface area contributed by atoms with Crippen LogP contribution in [0.1, 0.15) is 16.8 Å². The molecule has 4 aromatic rings. The van der Waals surface area contributed by atoms with Crippen LogP contribution in [-0.4, -0.2) is 9.97 Å². The Morgan fingerprint density at radius 2 is 1.55 bits per heavy atom. The van der Waals surface area contributed by atoms with Crippen LogP contribution >= 0.6 is 23.2 Å². The normalized spacial score (nSPS) is 10.8. The molecule has 168 valence electrons. The molecule has 0 spiro atoms. The summed E-state index contributed by atoms with van der Waals surface area (Å²) in [5.41, 5.74) is 17.4. The largest absolute Gasteiger partial charge is 0.383 e. The first-order chi connectivity index (χ1) is 16.0. The van der Waals surface area contributed by atoms with Crippen LogP contribution in [0.2, 0.25) is 10.0 Å². The third-order valence-electron chi connectivity index (χ3n) is 5.01. The molecule has 6 nitrogen and oxygen atoms in total. The molecule has 3 aromatic carbocycles. The number of ether oxygens (including phenoxy) is 1. The second-order valence-electron chi connectivity index (χ2n) is 7.47. The van der Waals surface area contributed by atoms with Crippen molar-refractivity contribution in [2.24, 2.45) is 0 Å². The monoisotopic (exact) mass is 479 g/mol. The van der Waals surface area contributed by atoms with E-state index in [4.69, 9.17) is 39.4 Å². The number of hydrogen-bond donors (Lipinski definition) is 3. The fraction of sp³-hybridized carbons (Fsp3) is 0.120. The number of benzene rings is 3. The first-order valence-corrected chi connectivity index (χ1v) is 11.1. The van der Waals surface area contributed by atoms with E-state index in [9.17, 15) is 0 Å². The van der Waals surface area contributed by atoms with Crippen molar-refractivity contribution >= 4 is 40.7 Å². The first kappa shape index (κ1) is 22.9. The van der Waals surface area contributed by atoms with Crippen LogP contribution in [0.25, 0.3) is 11.1 Å². The summed E-state index contributed by atoms with van der Waals surface area (Å²) in [7, 11) is 0. The van der Waals surface area contributed by atoms with E-state index in [2.05, 4.69) is 15.3 Å². The van der Waals surface area contributed by atoms with Crippen molar-refractivity contribution in [3.8, 4) is 11.1 Å². The molecule has 0 aliphatic rings. The maximum absolute atomic E-state index is 6.21. The molecule has 0 atom stereocenters. The number of halogens is 2. The summed E-state index contributed by atoms with van der Waals surface area (Å²) in [6.45, 7) is 1.30. The smallest absolute Gasteiger partial charge is 0.222 e. The predicted molar refractivity (Wildman–Crippen MR) is 135 cm³/mol. The Balaban J connectivity index is 1.47. The molecule has 1 heterocycles. The fourth-order valence-electron chi connectivity index (χ4n) is 3.42. The molecule has 0 saturated carbocycles. The minimum Gasteiger partial charge on any atom is -0.383 e. The maximum atomic E-state index is 6.21. The number of nitrogens with two attached hydrogens (primary N) is 2. The number of aromatic nitrogens is 2. The van der Waals surface area contributed by atoms with E-state index in [-0.39, 0.29) is 12.6 Å². The lowest BCUT2D eigenvalue weighted by molar-refractivity contribution is 0.105. The maximum Gasteiger partial charge on any atom is 0.222 e. The molecule has 33 heavy (non-hydrogen) atoms. The lowest BCUT2D eigenvalue weighted by Gasteiger charge is -2.14. The minimum atomic E-state index is 0.110. The van der Waals surface area contributed by atoms with Gasteiger partial charge in [-0.2, -0.15) is 4.98 Å². The van der Waals surface area contributed by atoms with Crippen LogP contribution in [-0.2, 0) is 24.5 Å². The van der Waals surface area contributed by atoms with Crippen molar-refractivity contribution in [1.82, 2.24) is 9.97 Å². The Hall–Kier alpha value is -3.32. The topological polar surface area (TPSA) is 99.1 Å². The molecule has 4 rings (SSSR count). The fourth-order valence-corrected chi connectivity index (χ4v) is 3.76. The quantitative estimate of drug-likeness (QED) is 0.289. The molecule has 0 amide bonds. The van der Waals surface area contributed by atoms with E-state index in [1.54, 1.807) is 0 Å². The Kier molecular flexibility index (Phi) is 7.29. The Morgan fingerprint density at radius 3 is 2.27 bits per heavy atom. The molecular formula is C25H23Cl2N5O. The van der Waals surface area contributed by atoms with Gasteiger partial charge in [0.25, 0.3) is 0 Å². The number of hydrogen-bond acceptors (Lipinski definition) is 6. The number of nitrogens with zero attached hydrogens (tertiary/aromatic N) is 2. The molecule has 0 radical (unpaired) electrons. The summed E-state index contributed by atoms with van der Waals surface area (Å²) in [6.07, 6.45) is 0. The second kappa shape index (κ2) is 10.5. The highest BCUT2D eigenvalue weighted by Crippen LogP contribution is 2.30. The predicted octanol–water partition coefficient (Wildman–Crippen LogP) is 5.94. The van der Waals surface area contributed by atoms with Crippen molar-refractivity contribution in [3.63, 3.8) is 0 Å². The van der Waals surface area contributed by atoms with Crippen molar-refractivity contribution in [3.05, 3.63) is 99.7 Å². The molecule has 8 heteroatoms. The lowest BCUT2D eigenvalue weighted by atomic mass is 10.0. The van der Waals surface area contributed by atoms with E-state index in [1.165, 1.54) is 0 Å². The molecule has 0 bridgehead atoms. The van der Waals surface area contributed by atoms with Crippen LogP contribution in [0.4, 0.5) is 17.5 Å². The average Bonchev–Trinajstić information content (AvgIpc) is 2.79. The van der Waals surface area contributed by atoms with Crippen molar-refractivity contribution in [2.45, 2.75) is 19.8 Å². The van der Waals surface area contributed by atoms with E-state index >= 15 is 0 Å². The zero-order chi connectivity index (χ0) is 23.2. The molecule has 0 aliphatic heterocycles. The number of nitrogens with one attached hydrogen (secondary N) is 1.